The number of carbonyl (C=O) groups is 1. The van der Waals surface area contributed by atoms with Crippen molar-refractivity contribution in [3.8, 4) is 0 Å². The maximum Gasteiger partial charge on any atom is 0.319 e. The van der Waals surface area contributed by atoms with E-state index in [-0.39, 0.29) is 0 Å². The molecule has 5 nitrogen and oxygen atoms in total. The second-order valence-corrected chi connectivity index (χ2v) is 12.5. The summed E-state index contributed by atoms with van der Waals surface area (Å²) >= 11 is 4.56. The number of nitrogens with zero attached hydrogens (tertiary/aromatic N) is 3. The number of aromatic nitrogens is 2. The SMILES string of the molecule is Cc1csc(N(CCCCCCCC(C)C)CCc2csc(SC(C)(C)C(=O)O)n2)n1. The predicted molar refractivity (Wildman–Crippen MR) is 135 cm³/mol. The van der Waals surface area contributed by atoms with Crippen molar-refractivity contribution in [1.82, 2.24) is 9.97 Å². The molecule has 0 atom stereocenters. The van der Waals surface area contributed by atoms with Crippen molar-refractivity contribution in [3.63, 3.8) is 0 Å². The van der Waals surface area contributed by atoms with Gasteiger partial charge in [0, 0.05) is 30.3 Å². The molecule has 2 heterocycles. The highest BCUT2D eigenvalue weighted by Crippen LogP contribution is 2.34. The second-order valence-electron chi connectivity index (χ2n) is 8.98. The largest absolute Gasteiger partial charge is 0.480 e. The fourth-order valence-electron chi connectivity index (χ4n) is 3.14. The van der Waals surface area contributed by atoms with E-state index in [1.54, 1.807) is 25.2 Å². The second kappa shape index (κ2) is 12.8. The van der Waals surface area contributed by atoms with Crippen molar-refractivity contribution in [2.45, 2.75) is 88.7 Å². The van der Waals surface area contributed by atoms with E-state index in [9.17, 15) is 9.90 Å². The molecule has 0 aromatic carbocycles. The molecule has 0 aliphatic carbocycles. The number of carboxylic acid groups (broad SMARTS) is 1. The lowest BCUT2D eigenvalue weighted by Gasteiger charge is -2.21. The highest BCUT2D eigenvalue weighted by atomic mass is 32.2. The van der Waals surface area contributed by atoms with Crippen LogP contribution in [0, 0.1) is 12.8 Å². The normalized spacial score (nSPS) is 11.9. The summed E-state index contributed by atoms with van der Waals surface area (Å²) in [5.41, 5.74) is 2.10. The summed E-state index contributed by atoms with van der Waals surface area (Å²) in [4.78, 5) is 23.1. The summed E-state index contributed by atoms with van der Waals surface area (Å²) in [6.45, 7) is 12.0. The number of thioether (sulfide) groups is 1. The number of aliphatic carboxylic acids is 1. The van der Waals surface area contributed by atoms with Gasteiger partial charge in [-0.3, -0.25) is 4.79 Å². The van der Waals surface area contributed by atoms with E-state index in [1.807, 2.05) is 6.92 Å². The lowest BCUT2D eigenvalue weighted by atomic mass is 10.0. The van der Waals surface area contributed by atoms with E-state index < -0.39 is 10.7 Å². The summed E-state index contributed by atoms with van der Waals surface area (Å²) in [5.74, 6) is -0.00719. The molecule has 0 fully saturated rings. The fraction of sp³-hybridized carbons (Fsp3) is 0.696. The molecule has 0 bridgehead atoms. The van der Waals surface area contributed by atoms with Crippen LogP contribution < -0.4 is 4.90 Å². The Kier molecular flexibility index (Phi) is 10.8. The van der Waals surface area contributed by atoms with Crippen LogP contribution in [0.1, 0.15) is 77.6 Å². The van der Waals surface area contributed by atoms with Gasteiger partial charge in [-0.1, -0.05) is 57.7 Å². The summed E-state index contributed by atoms with van der Waals surface area (Å²) in [7, 11) is 0. The average Bonchev–Trinajstić information content (AvgIpc) is 3.31. The highest BCUT2D eigenvalue weighted by Gasteiger charge is 2.29. The van der Waals surface area contributed by atoms with Crippen molar-refractivity contribution in [3.05, 3.63) is 22.1 Å². The fourth-order valence-corrected chi connectivity index (χ4v) is 6.22. The van der Waals surface area contributed by atoms with E-state index >= 15 is 0 Å². The van der Waals surface area contributed by atoms with Gasteiger partial charge in [0.15, 0.2) is 9.47 Å². The third-order valence-electron chi connectivity index (χ3n) is 5.11. The third kappa shape index (κ3) is 9.49. The Bertz CT molecular complexity index is 802. The van der Waals surface area contributed by atoms with Gasteiger partial charge in [-0.05, 0) is 33.1 Å². The number of thiazole rings is 2. The van der Waals surface area contributed by atoms with Crippen LogP contribution in [0.3, 0.4) is 0 Å². The first-order valence-corrected chi connectivity index (χ1v) is 13.8. The zero-order valence-corrected chi connectivity index (χ0v) is 22.0. The van der Waals surface area contributed by atoms with Gasteiger partial charge in [0.2, 0.25) is 0 Å². The standard InChI is InChI=1S/C23H37N3O2S3/c1-17(2)11-9-7-6-8-10-13-26(21-24-18(3)15-29-21)14-12-19-16-30-22(25-19)31-23(4,5)20(27)28/h15-17H,6-14H2,1-5H3,(H,27,28). The van der Waals surface area contributed by atoms with Gasteiger partial charge in [-0.25, -0.2) is 9.97 Å². The van der Waals surface area contributed by atoms with E-state index in [0.717, 1.165) is 46.3 Å². The highest BCUT2D eigenvalue weighted by molar-refractivity contribution is 8.03. The maximum atomic E-state index is 11.4. The van der Waals surface area contributed by atoms with Gasteiger partial charge in [-0.15, -0.1) is 22.7 Å². The van der Waals surface area contributed by atoms with Gasteiger partial charge < -0.3 is 10.0 Å². The number of anilines is 1. The minimum absolute atomic E-state index is 0.809. The Hall–Kier alpha value is -1.12. The van der Waals surface area contributed by atoms with Crippen LogP contribution in [0.2, 0.25) is 0 Å². The molecule has 2 aromatic rings. The molecular weight excluding hydrogens is 446 g/mol. The zero-order chi connectivity index (χ0) is 22.9. The lowest BCUT2D eigenvalue weighted by Crippen LogP contribution is -2.27. The van der Waals surface area contributed by atoms with Crippen molar-refractivity contribution < 1.29 is 9.90 Å². The quantitative estimate of drug-likeness (QED) is 0.219. The Morgan fingerprint density at radius 1 is 1.10 bits per heavy atom. The molecule has 2 aromatic heterocycles. The van der Waals surface area contributed by atoms with Gasteiger partial charge in [0.1, 0.15) is 4.75 Å². The lowest BCUT2D eigenvalue weighted by molar-refractivity contribution is -0.138. The number of unbranched alkanes of at least 4 members (excludes halogenated alkanes) is 4. The van der Waals surface area contributed by atoms with Crippen LogP contribution in [0.25, 0.3) is 0 Å². The van der Waals surface area contributed by atoms with E-state index in [2.05, 4.69) is 34.5 Å². The molecule has 0 saturated heterocycles. The summed E-state index contributed by atoms with van der Waals surface area (Å²) < 4.78 is -0.0465. The number of aryl methyl sites for hydroxylation is 1. The number of carboxylic acids is 1. The maximum absolute atomic E-state index is 11.4. The van der Waals surface area contributed by atoms with Crippen LogP contribution in [0.15, 0.2) is 15.1 Å². The van der Waals surface area contributed by atoms with Crippen molar-refractivity contribution in [2.75, 3.05) is 18.0 Å². The average molecular weight is 484 g/mol. The monoisotopic (exact) mass is 483 g/mol. The van der Waals surface area contributed by atoms with Crippen LogP contribution in [0.5, 0.6) is 0 Å². The first-order valence-electron chi connectivity index (χ1n) is 11.2. The van der Waals surface area contributed by atoms with Gasteiger partial charge in [0.25, 0.3) is 0 Å². The molecule has 0 unspecified atom stereocenters. The Morgan fingerprint density at radius 2 is 1.81 bits per heavy atom. The molecule has 174 valence electrons. The van der Waals surface area contributed by atoms with E-state index in [0.29, 0.717) is 0 Å². The minimum atomic E-state index is -0.866. The van der Waals surface area contributed by atoms with Crippen LogP contribution >= 0.6 is 34.4 Å². The Balaban J connectivity index is 1.84. The number of rotatable bonds is 15. The molecule has 1 N–H and O–H groups in total. The van der Waals surface area contributed by atoms with Crippen LogP contribution in [0.4, 0.5) is 5.13 Å². The van der Waals surface area contributed by atoms with Gasteiger partial charge in [0.05, 0.1) is 11.4 Å². The van der Waals surface area contributed by atoms with Gasteiger partial charge in [-0.2, -0.15) is 0 Å². The van der Waals surface area contributed by atoms with Gasteiger partial charge >= 0.3 is 5.97 Å². The van der Waals surface area contributed by atoms with Crippen molar-refractivity contribution in [2.24, 2.45) is 5.92 Å². The minimum Gasteiger partial charge on any atom is -0.480 e. The van der Waals surface area contributed by atoms with Crippen molar-refractivity contribution >= 4 is 45.5 Å². The summed E-state index contributed by atoms with van der Waals surface area (Å²) in [5, 5.41) is 14.6. The Labute approximate surface area is 199 Å². The molecule has 0 saturated carbocycles. The Morgan fingerprint density at radius 3 is 2.45 bits per heavy atom. The topological polar surface area (TPSA) is 66.3 Å². The third-order valence-corrected chi connectivity index (χ3v) is 8.30. The molecule has 0 amide bonds. The van der Waals surface area contributed by atoms with E-state index in [4.69, 9.17) is 4.98 Å². The predicted octanol–water partition coefficient (Wildman–Crippen LogP) is 6.91. The van der Waals surface area contributed by atoms with E-state index in [1.165, 1.54) is 61.6 Å². The molecule has 8 heteroatoms. The van der Waals surface area contributed by atoms with Crippen molar-refractivity contribution in [1.29, 1.82) is 0 Å². The molecule has 31 heavy (non-hydrogen) atoms. The first kappa shape index (κ1) is 26.1. The zero-order valence-electron chi connectivity index (χ0n) is 19.5. The number of hydrogen-bond acceptors (Lipinski definition) is 7. The van der Waals surface area contributed by atoms with Crippen LogP contribution in [-0.2, 0) is 11.2 Å². The molecule has 0 radical (unpaired) electrons. The first-order chi connectivity index (χ1) is 14.7. The summed E-state index contributed by atoms with van der Waals surface area (Å²) in [6, 6.07) is 0. The molecule has 0 aliphatic heterocycles. The molecule has 0 spiro atoms. The number of hydrogen-bond donors (Lipinski definition) is 1. The molecule has 0 aliphatic rings. The smallest absolute Gasteiger partial charge is 0.319 e. The van der Waals surface area contributed by atoms with Crippen LogP contribution in [-0.4, -0.2) is 38.9 Å². The molecule has 2 rings (SSSR count). The molecular formula is C23H37N3O2S3. The summed E-state index contributed by atoms with van der Waals surface area (Å²) in [6.07, 6.45) is 8.62.